The van der Waals surface area contributed by atoms with E-state index in [1.54, 1.807) is 24.3 Å². The molecule has 2 nitrogen and oxygen atoms in total. The van der Waals surface area contributed by atoms with Crippen LogP contribution in [0.3, 0.4) is 0 Å². The first kappa shape index (κ1) is 16.4. The highest BCUT2D eigenvalue weighted by Crippen LogP contribution is 2.43. The lowest BCUT2D eigenvalue weighted by Gasteiger charge is -2.39. The lowest BCUT2D eigenvalue weighted by atomic mass is 9.65. The number of aromatic hydroxyl groups is 2. The second-order valence-electron chi connectivity index (χ2n) is 6.19. The van der Waals surface area contributed by atoms with Gasteiger partial charge in [0.25, 0.3) is 0 Å². The van der Waals surface area contributed by atoms with Crippen molar-refractivity contribution < 1.29 is 10.2 Å². The third-order valence-corrected chi connectivity index (χ3v) is 4.88. The van der Waals surface area contributed by atoms with Gasteiger partial charge in [-0.15, -0.1) is 0 Å². The van der Waals surface area contributed by atoms with Gasteiger partial charge < -0.3 is 10.2 Å². The monoisotopic (exact) mass is 298 g/mol. The average molecular weight is 298 g/mol. The molecule has 118 valence electrons. The van der Waals surface area contributed by atoms with Gasteiger partial charge in [-0.1, -0.05) is 57.9 Å². The van der Waals surface area contributed by atoms with E-state index in [1.165, 1.54) is 11.1 Å². The highest BCUT2D eigenvalue weighted by Gasteiger charge is 2.36. The topological polar surface area (TPSA) is 40.5 Å². The maximum atomic E-state index is 9.60. The van der Waals surface area contributed by atoms with Gasteiger partial charge in [0.05, 0.1) is 0 Å². The van der Waals surface area contributed by atoms with Crippen LogP contribution in [0.25, 0.3) is 0 Å². The van der Waals surface area contributed by atoms with Gasteiger partial charge in [-0.3, -0.25) is 0 Å². The molecule has 0 heterocycles. The summed E-state index contributed by atoms with van der Waals surface area (Å²) in [6, 6.07) is 15.1. The average Bonchev–Trinajstić information content (AvgIpc) is 2.53. The highest BCUT2D eigenvalue weighted by atomic mass is 16.3. The normalized spacial score (nSPS) is 13.0. The molecule has 0 fully saturated rings. The van der Waals surface area contributed by atoms with Crippen molar-refractivity contribution in [1.82, 2.24) is 0 Å². The zero-order valence-electron chi connectivity index (χ0n) is 13.7. The minimum atomic E-state index is -0.133. The van der Waals surface area contributed by atoms with Gasteiger partial charge in [0.1, 0.15) is 11.5 Å². The molecule has 2 rings (SSSR count). The van der Waals surface area contributed by atoms with E-state index in [9.17, 15) is 10.2 Å². The summed E-state index contributed by atoms with van der Waals surface area (Å²) in [6.07, 6.45) is 3.38. The molecule has 0 radical (unpaired) electrons. The van der Waals surface area contributed by atoms with Crippen molar-refractivity contribution in [2.24, 2.45) is 5.92 Å². The van der Waals surface area contributed by atoms with E-state index in [-0.39, 0.29) is 5.41 Å². The van der Waals surface area contributed by atoms with E-state index < -0.39 is 0 Å². The van der Waals surface area contributed by atoms with Crippen LogP contribution in [0.4, 0.5) is 0 Å². The zero-order chi connectivity index (χ0) is 16.2. The molecule has 22 heavy (non-hydrogen) atoms. The molecule has 0 saturated carbocycles. The summed E-state index contributed by atoms with van der Waals surface area (Å²) in [4.78, 5) is 0. The van der Waals surface area contributed by atoms with Gasteiger partial charge in [0.2, 0.25) is 0 Å². The lowest BCUT2D eigenvalue weighted by Crippen LogP contribution is -2.33. The quantitative estimate of drug-likeness (QED) is 0.766. The minimum Gasteiger partial charge on any atom is -0.508 e. The Balaban J connectivity index is 2.56. The molecule has 0 spiro atoms. The molecule has 0 bridgehead atoms. The number of benzene rings is 2. The predicted molar refractivity (Wildman–Crippen MR) is 91.4 cm³/mol. The lowest BCUT2D eigenvalue weighted by molar-refractivity contribution is 0.310. The van der Waals surface area contributed by atoms with Crippen LogP contribution in [0.15, 0.2) is 48.5 Å². The highest BCUT2D eigenvalue weighted by molar-refractivity contribution is 5.43. The Hall–Kier alpha value is -1.96. The van der Waals surface area contributed by atoms with Gasteiger partial charge in [-0.05, 0) is 47.7 Å². The molecule has 0 saturated heterocycles. The predicted octanol–water partition coefficient (Wildman–Crippen LogP) is 5.23. The number of rotatable bonds is 6. The van der Waals surface area contributed by atoms with Crippen molar-refractivity contribution in [3.05, 3.63) is 59.7 Å². The maximum Gasteiger partial charge on any atom is 0.115 e. The maximum absolute atomic E-state index is 9.60. The Labute approximate surface area is 133 Å². The first-order valence-corrected chi connectivity index (χ1v) is 8.11. The van der Waals surface area contributed by atoms with Gasteiger partial charge in [0.15, 0.2) is 0 Å². The minimum absolute atomic E-state index is 0.133. The summed E-state index contributed by atoms with van der Waals surface area (Å²) in [6.45, 7) is 6.73. The van der Waals surface area contributed by atoms with Crippen LogP contribution in [0, 0.1) is 5.92 Å². The number of hydrogen-bond acceptors (Lipinski definition) is 2. The summed E-state index contributed by atoms with van der Waals surface area (Å²) in [5.74, 6) is 1.09. The van der Waals surface area contributed by atoms with E-state index in [2.05, 4.69) is 20.8 Å². The van der Waals surface area contributed by atoms with Crippen LogP contribution < -0.4 is 0 Å². The Bertz CT molecular complexity index is 539. The molecule has 0 amide bonds. The molecular formula is C20H26O2. The molecule has 2 aromatic rings. The summed E-state index contributed by atoms with van der Waals surface area (Å²) < 4.78 is 0. The SMILES string of the molecule is CCCC(CC)C(C)(c1ccc(O)cc1)c1ccc(O)cc1. The van der Waals surface area contributed by atoms with Crippen molar-refractivity contribution >= 4 is 0 Å². The van der Waals surface area contributed by atoms with Gasteiger partial charge >= 0.3 is 0 Å². The third-order valence-electron chi connectivity index (χ3n) is 4.88. The molecule has 1 atom stereocenters. The van der Waals surface area contributed by atoms with Gasteiger partial charge in [-0.25, -0.2) is 0 Å². The Kier molecular flexibility index (Phi) is 5.12. The van der Waals surface area contributed by atoms with E-state index in [4.69, 9.17) is 0 Å². The Morgan fingerprint density at radius 2 is 1.23 bits per heavy atom. The van der Waals surface area contributed by atoms with Crippen LogP contribution >= 0.6 is 0 Å². The van der Waals surface area contributed by atoms with Gasteiger partial charge in [0, 0.05) is 5.41 Å². The van der Waals surface area contributed by atoms with Crippen molar-refractivity contribution in [1.29, 1.82) is 0 Å². The fourth-order valence-electron chi connectivity index (χ4n) is 3.50. The molecular weight excluding hydrogens is 272 g/mol. The second kappa shape index (κ2) is 6.87. The van der Waals surface area contributed by atoms with Crippen LogP contribution in [-0.4, -0.2) is 10.2 Å². The summed E-state index contributed by atoms with van der Waals surface area (Å²) in [5, 5.41) is 19.2. The van der Waals surface area contributed by atoms with Crippen molar-refractivity contribution in [3.63, 3.8) is 0 Å². The van der Waals surface area contributed by atoms with Crippen molar-refractivity contribution in [3.8, 4) is 11.5 Å². The van der Waals surface area contributed by atoms with Crippen molar-refractivity contribution in [2.45, 2.75) is 45.4 Å². The van der Waals surface area contributed by atoms with Crippen molar-refractivity contribution in [2.75, 3.05) is 0 Å². The molecule has 0 aromatic heterocycles. The second-order valence-corrected chi connectivity index (χ2v) is 6.19. The Morgan fingerprint density at radius 3 is 1.55 bits per heavy atom. The smallest absolute Gasteiger partial charge is 0.115 e. The molecule has 1 unspecified atom stereocenters. The first-order valence-electron chi connectivity index (χ1n) is 8.11. The van der Waals surface area contributed by atoms with E-state index in [0.717, 1.165) is 19.3 Å². The number of hydrogen-bond donors (Lipinski definition) is 2. The Morgan fingerprint density at radius 1 is 0.818 bits per heavy atom. The molecule has 0 aliphatic rings. The summed E-state index contributed by atoms with van der Waals surface area (Å²) >= 11 is 0. The van der Waals surface area contributed by atoms with E-state index >= 15 is 0 Å². The van der Waals surface area contributed by atoms with Crippen LogP contribution in [0.1, 0.15) is 51.2 Å². The van der Waals surface area contributed by atoms with E-state index in [1.807, 2.05) is 24.3 Å². The van der Waals surface area contributed by atoms with Crippen LogP contribution in [-0.2, 0) is 5.41 Å². The third kappa shape index (κ3) is 3.11. The molecule has 2 heteroatoms. The molecule has 2 N–H and O–H groups in total. The standard InChI is InChI=1S/C20H26O2/c1-4-6-15(5-2)20(3,16-7-11-18(21)12-8-16)17-9-13-19(22)14-10-17/h7-15,21-22H,4-6H2,1-3H3. The summed E-state index contributed by atoms with van der Waals surface area (Å²) in [5.41, 5.74) is 2.28. The van der Waals surface area contributed by atoms with E-state index in [0.29, 0.717) is 17.4 Å². The molecule has 0 aliphatic heterocycles. The number of phenolic OH excluding ortho intramolecular Hbond substituents is 2. The molecule has 0 aliphatic carbocycles. The first-order chi connectivity index (χ1) is 10.5. The zero-order valence-corrected chi connectivity index (χ0v) is 13.7. The van der Waals surface area contributed by atoms with Crippen LogP contribution in [0.2, 0.25) is 0 Å². The fourth-order valence-corrected chi connectivity index (χ4v) is 3.50. The number of phenols is 2. The van der Waals surface area contributed by atoms with Gasteiger partial charge in [-0.2, -0.15) is 0 Å². The molecule has 2 aromatic carbocycles. The fraction of sp³-hybridized carbons (Fsp3) is 0.400. The largest absolute Gasteiger partial charge is 0.508 e. The summed E-state index contributed by atoms with van der Waals surface area (Å²) in [7, 11) is 0. The van der Waals surface area contributed by atoms with Crippen LogP contribution in [0.5, 0.6) is 11.5 Å².